The molecule has 4 heteroatoms. The topological polar surface area (TPSA) is 50.9 Å². The highest BCUT2D eigenvalue weighted by Gasteiger charge is 2.21. The molecule has 1 saturated carbocycles. The van der Waals surface area contributed by atoms with Crippen LogP contribution in [0.3, 0.4) is 0 Å². The second-order valence-corrected chi connectivity index (χ2v) is 7.04. The molecule has 0 spiro atoms. The van der Waals surface area contributed by atoms with Crippen LogP contribution in [0.15, 0.2) is 12.1 Å². The van der Waals surface area contributed by atoms with Crippen molar-refractivity contribution in [3.05, 3.63) is 17.1 Å². The van der Waals surface area contributed by atoms with E-state index in [1.165, 1.54) is 24.0 Å². The predicted molar refractivity (Wildman–Crippen MR) is 83.8 cm³/mol. The lowest BCUT2D eigenvalue weighted by Crippen LogP contribution is -2.12. The molecular weight excluding hydrogens is 254 g/mol. The fraction of sp³-hybridized carbons (Fsp3) is 0.533. The number of rotatable bonds is 3. The normalized spacial score (nSPS) is 23.1. The van der Waals surface area contributed by atoms with Crippen LogP contribution in [0.4, 0.5) is 11.4 Å². The molecule has 2 atom stereocenters. The summed E-state index contributed by atoms with van der Waals surface area (Å²) >= 11 is 1.70. The Labute approximate surface area is 118 Å². The number of aromatic nitrogens is 1. The Morgan fingerprint density at radius 3 is 3.00 bits per heavy atom. The van der Waals surface area contributed by atoms with Crippen LogP contribution in [-0.4, -0.2) is 11.5 Å². The van der Waals surface area contributed by atoms with E-state index < -0.39 is 0 Å². The average Bonchev–Trinajstić information content (AvgIpc) is 2.91. The molecule has 0 radical (unpaired) electrons. The first-order valence-electron chi connectivity index (χ1n) is 7.02. The van der Waals surface area contributed by atoms with Crippen molar-refractivity contribution in [2.75, 3.05) is 17.6 Å². The van der Waals surface area contributed by atoms with Crippen LogP contribution in [0.2, 0.25) is 0 Å². The Hall–Kier alpha value is -1.29. The summed E-state index contributed by atoms with van der Waals surface area (Å²) in [5, 5.41) is 4.61. The zero-order chi connectivity index (χ0) is 13.4. The third-order valence-electron chi connectivity index (χ3n) is 4.05. The van der Waals surface area contributed by atoms with Gasteiger partial charge in [-0.05, 0) is 43.7 Å². The number of benzene rings is 1. The standard InChI is InChI=1S/C15H21N3S/c1-9-3-4-11(5-9)8-17-13-7-14-15(6-12(13)16)19-10(2)18-14/h6-7,9,11,17H,3-5,8,16H2,1-2H3. The fourth-order valence-corrected chi connectivity index (χ4v) is 3.88. The molecule has 3 nitrogen and oxygen atoms in total. The average molecular weight is 275 g/mol. The van der Waals surface area contributed by atoms with Gasteiger partial charge in [-0.15, -0.1) is 11.3 Å². The monoisotopic (exact) mass is 275 g/mol. The highest BCUT2D eigenvalue weighted by atomic mass is 32.1. The first-order valence-corrected chi connectivity index (χ1v) is 7.84. The number of anilines is 2. The van der Waals surface area contributed by atoms with E-state index >= 15 is 0 Å². The van der Waals surface area contributed by atoms with Crippen molar-refractivity contribution in [1.82, 2.24) is 4.98 Å². The quantitative estimate of drug-likeness (QED) is 0.831. The van der Waals surface area contributed by atoms with Gasteiger partial charge in [-0.1, -0.05) is 13.3 Å². The second-order valence-electron chi connectivity index (χ2n) is 5.81. The molecule has 0 aliphatic heterocycles. The lowest BCUT2D eigenvalue weighted by atomic mass is 10.1. The summed E-state index contributed by atoms with van der Waals surface area (Å²) in [6.45, 7) is 5.41. The number of aryl methyl sites for hydroxylation is 1. The zero-order valence-electron chi connectivity index (χ0n) is 11.6. The summed E-state index contributed by atoms with van der Waals surface area (Å²) in [5.74, 6) is 1.68. The molecule has 3 N–H and O–H groups in total. The van der Waals surface area contributed by atoms with Crippen LogP contribution in [0, 0.1) is 18.8 Å². The van der Waals surface area contributed by atoms with E-state index in [0.717, 1.165) is 40.3 Å². The maximum absolute atomic E-state index is 6.12. The van der Waals surface area contributed by atoms with Crippen LogP contribution >= 0.6 is 11.3 Å². The molecule has 1 aliphatic carbocycles. The molecule has 19 heavy (non-hydrogen) atoms. The molecule has 102 valence electrons. The summed E-state index contributed by atoms with van der Waals surface area (Å²) in [6, 6.07) is 4.13. The first kappa shape index (κ1) is 12.7. The molecule has 1 heterocycles. The third-order valence-corrected chi connectivity index (χ3v) is 4.98. The number of hydrogen-bond donors (Lipinski definition) is 2. The van der Waals surface area contributed by atoms with Gasteiger partial charge in [0.1, 0.15) is 0 Å². The van der Waals surface area contributed by atoms with Crippen molar-refractivity contribution < 1.29 is 0 Å². The maximum Gasteiger partial charge on any atom is 0.0907 e. The lowest BCUT2D eigenvalue weighted by molar-refractivity contribution is 0.537. The predicted octanol–water partition coefficient (Wildman–Crippen LogP) is 4.04. The SMILES string of the molecule is Cc1nc2cc(NCC3CCC(C)C3)c(N)cc2s1. The Morgan fingerprint density at radius 2 is 2.26 bits per heavy atom. The number of nitrogens with zero attached hydrogens (tertiary/aromatic N) is 1. The summed E-state index contributed by atoms with van der Waals surface area (Å²) in [5.41, 5.74) is 9.05. The van der Waals surface area contributed by atoms with Crippen molar-refractivity contribution in [1.29, 1.82) is 0 Å². The Bertz CT molecular complexity index is 590. The number of nitrogens with one attached hydrogen (secondary N) is 1. The van der Waals surface area contributed by atoms with Gasteiger partial charge in [0.05, 0.1) is 26.6 Å². The molecule has 3 rings (SSSR count). The van der Waals surface area contributed by atoms with Crippen LogP contribution in [0.1, 0.15) is 31.2 Å². The minimum absolute atomic E-state index is 0.794. The van der Waals surface area contributed by atoms with Gasteiger partial charge in [-0.25, -0.2) is 4.98 Å². The smallest absolute Gasteiger partial charge is 0.0907 e. The van der Waals surface area contributed by atoms with E-state index in [1.807, 2.05) is 13.0 Å². The van der Waals surface area contributed by atoms with E-state index in [1.54, 1.807) is 11.3 Å². The van der Waals surface area contributed by atoms with Gasteiger partial charge in [0.15, 0.2) is 0 Å². The Balaban J connectivity index is 1.74. The number of thiazole rings is 1. The van der Waals surface area contributed by atoms with Crippen molar-refractivity contribution in [2.45, 2.75) is 33.1 Å². The number of nitrogens with two attached hydrogens (primary N) is 1. The first-order chi connectivity index (χ1) is 9.11. The van der Waals surface area contributed by atoms with E-state index in [9.17, 15) is 0 Å². The van der Waals surface area contributed by atoms with Gasteiger partial charge < -0.3 is 11.1 Å². The van der Waals surface area contributed by atoms with E-state index in [0.29, 0.717) is 0 Å². The van der Waals surface area contributed by atoms with Crippen LogP contribution < -0.4 is 11.1 Å². The summed E-state index contributed by atoms with van der Waals surface area (Å²) in [7, 11) is 0. The molecule has 1 aromatic heterocycles. The Morgan fingerprint density at radius 1 is 1.42 bits per heavy atom. The molecule has 0 saturated heterocycles. The molecule has 1 aliphatic rings. The lowest BCUT2D eigenvalue weighted by Gasteiger charge is -2.14. The molecule has 1 fully saturated rings. The van der Waals surface area contributed by atoms with Gasteiger partial charge in [0.2, 0.25) is 0 Å². The highest BCUT2D eigenvalue weighted by Crippen LogP contribution is 2.33. The molecule has 2 unspecified atom stereocenters. The molecule has 2 aromatic rings. The van der Waals surface area contributed by atoms with Crippen molar-refractivity contribution in [3.8, 4) is 0 Å². The van der Waals surface area contributed by atoms with Gasteiger partial charge in [-0.3, -0.25) is 0 Å². The zero-order valence-corrected chi connectivity index (χ0v) is 12.4. The third kappa shape index (κ3) is 2.68. The van der Waals surface area contributed by atoms with Crippen LogP contribution in [0.5, 0.6) is 0 Å². The van der Waals surface area contributed by atoms with E-state index in [-0.39, 0.29) is 0 Å². The van der Waals surface area contributed by atoms with Crippen molar-refractivity contribution >= 4 is 32.9 Å². The van der Waals surface area contributed by atoms with Gasteiger partial charge in [-0.2, -0.15) is 0 Å². The number of nitrogen functional groups attached to an aromatic ring is 1. The van der Waals surface area contributed by atoms with E-state index in [2.05, 4.69) is 23.3 Å². The van der Waals surface area contributed by atoms with E-state index in [4.69, 9.17) is 5.73 Å². The van der Waals surface area contributed by atoms with Crippen LogP contribution in [0.25, 0.3) is 10.2 Å². The molecule has 0 bridgehead atoms. The summed E-state index contributed by atoms with van der Waals surface area (Å²) in [6.07, 6.45) is 4.04. The second kappa shape index (κ2) is 5.00. The minimum Gasteiger partial charge on any atom is -0.397 e. The maximum atomic E-state index is 6.12. The minimum atomic E-state index is 0.794. The van der Waals surface area contributed by atoms with Crippen molar-refractivity contribution in [3.63, 3.8) is 0 Å². The molecule has 0 amide bonds. The fourth-order valence-electron chi connectivity index (χ4n) is 3.02. The number of fused-ring (bicyclic) bond motifs is 1. The molecule has 1 aromatic carbocycles. The number of hydrogen-bond acceptors (Lipinski definition) is 4. The summed E-state index contributed by atoms with van der Waals surface area (Å²) < 4.78 is 1.18. The molecular formula is C15H21N3S. The van der Waals surface area contributed by atoms with Gasteiger partial charge in [0.25, 0.3) is 0 Å². The largest absolute Gasteiger partial charge is 0.397 e. The van der Waals surface area contributed by atoms with Gasteiger partial charge in [0, 0.05) is 6.54 Å². The van der Waals surface area contributed by atoms with Crippen LogP contribution in [-0.2, 0) is 0 Å². The van der Waals surface area contributed by atoms with Gasteiger partial charge >= 0.3 is 0 Å². The Kier molecular flexibility index (Phi) is 3.35. The van der Waals surface area contributed by atoms with Crippen molar-refractivity contribution in [2.24, 2.45) is 11.8 Å². The highest BCUT2D eigenvalue weighted by molar-refractivity contribution is 7.18. The summed E-state index contributed by atoms with van der Waals surface area (Å²) in [4.78, 5) is 4.53.